The van der Waals surface area contributed by atoms with Crippen molar-refractivity contribution in [3.8, 4) is 0 Å². The van der Waals surface area contributed by atoms with E-state index in [-0.39, 0.29) is 0 Å². The van der Waals surface area contributed by atoms with E-state index in [9.17, 15) is 0 Å². The van der Waals surface area contributed by atoms with Crippen molar-refractivity contribution in [1.29, 1.82) is 0 Å². The SMILES string of the molecule is CCCC(C)C(NN)C12CC3CC(CC(C3)C1)C2. The van der Waals surface area contributed by atoms with Crippen molar-refractivity contribution >= 4 is 0 Å². The first-order valence-corrected chi connectivity index (χ1v) is 8.13. The number of hydrazine groups is 1. The summed E-state index contributed by atoms with van der Waals surface area (Å²) in [4.78, 5) is 0. The second-order valence-electron chi connectivity index (χ2n) is 7.69. The Hall–Kier alpha value is -0.0800. The van der Waals surface area contributed by atoms with Gasteiger partial charge in [-0.25, -0.2) is 0 Å². The molecule has 4 saturated carbocycles. The molecule has 18 heavy (non-hydrogen) atoms. The van der Waals surface area contributed by atoms with Gasteiger partial charge in [-0.3, -0.25) is 11.3 Å². The Labute approximate surface area is 112 Å². The van der Waals surface area contributed by atoms with Crippen LogP contribution in [0.3, 0.4) is 0 Å². The standard InChI is InChI=1S/C16H30N2/c1-3-4-11(2)15(18-17)16-8-12-5-13(9-16)7-14(6-12)10-16/h11-15,18H,3-10,17H2,1-2H3. The molecule has 4 rings (SSSR count). The molecule has 4 aliphatic rings. The topological polar surface area (TPSA) is 38.0 Å². The van der Waals surface area contributed by atoms with Crippen molar-refractivity contribution in [1.82, 2.24) is 5.43 Å². The predicted molar refractivity (Wildman–Crippen MR) is 75.8 cm³/mol. The van der Waals surface area contributed by atoms with Crippen molar-refractivity contribution in [3.63, 3.8) is 0 Å². The first kappa shape index (κ1) is 12.9. The van der Waals surface area contributed by atoms with E-state index in [2.05, 4.69) is 19.3 Å². The van der Waals surface area contributed by atoms with Crippen molar-refractivity contribution in [3.05, 3.63) is 0 Å². The highest BCUT2D eigenvalue weighted by Crippen LogP contribution is 2.62. The summed E-state index contributed by atoms with van der Waals surface area (Å²) in [7, 11) is 0. The average molecular weight is 250 g/mol. The highest BCUT2D eigenvalue weighted by atomic mass is 15.2. The van der Waals surface area contributed by atoms with Gasteiger partial charge in [0.1, 0.15) is 0 Å². The number of nitrogens with two attached hydrogens (primary N) is 1. The maximum Gasteiger partial charge on any atom is 0.0292 e. The molecule has 2 heteroatoms. The van der Waals surface area contributed by atoms with Gasteiger partial charge in [0.05, 0.1) is 0 Å². The zero-order chi connectivity index (χ0) is 12.8. The van der Waals surface area contributed by atoms with Crippen LogP contribution in [-0.4, -0.2) is 6.04 Å². The van der Waals surface area contributed by atoms with Crippen LogP contribution in [0.5, 0.6) is 0 Å². The van der Waals surface area contributed by atoms with E-state index >= 15 is 0 Å². The van der Waals surface area contributed by atoms with Gasteiger partial charge in [0.15, 0.2) is 0 Å². The van der Waals surface area contributed by atoms with Crippen molar-refractivity contribution in [2.24, 2.45) is 34.9 Å². The summed E-state index contributed by atoms with van der Waals surface area (Å²) in [5, 5.41) is 0. The summed E-state index contributed by atoms with van der Waals surface area (Å²) in [5.74, 6) is 9.79. The van der Waals surface area contributed by atoms with Crippen LogP contribution in [0.2, 0.25) is 0 Å². The lowest BCUT2D eigenvalue weighted by Crippen LogP contribution is -2.59. The van der Waals surface area contributed by atoms with Crippen LogP contribution in [0.15, 0.2) is 0 Å². The van der Waals surface area contributed by atoms with Crippen LogP contribution in [0.1, 0.15) is 65.2 Å². The fourth-order valence-corrected chi connectivity index (χ4v) is 6.13. The van der Waals surface area contributed by atoms with E-state index in [1.54, 1.807) is 0 Å². The van der Waals surface area contributed by atoms with E-state index in [4.69, 9.17) is 5.84 Å². The zero-order valence-electron chi connectivity index (χ0n) is 12.1. The minimum absolute atomic E-state index is 0.554. The summed E-state index contributed by atoms with van der Waals surface area (Å²) in [6.07, 6.45) is 11.6. The molecule has 2 nitrogen and oxygen atoms in total. The maximum absolute atomic E-state index is 5.98. The molecule has 3 N–H and O–H groups in total. The van der Waals surface area contributed by atoms with Gasteiger partial charge in [-0.2, -0.15) is 0 Å². The van der Waals surface area contributed by atoms with Gasteiger partial charge in [-0.15, -0.1) is 0 Å². The first-order chi connectivity index (χ1) is 8.66. The lowest BCUT2D eigenvalue weighted by molar-refractivity contribution is -0.0843. The third-order valence-corrected chi connectivity index (χ3v) is 6.24. The molecule has 0 heterocycles. The quantitative estimate of drug-likeness (QED) is 0.579. The second-order valence-corrected chi connectivity index (χ2v) is 7.69. The Balaban J connectivity index is 1.80. The highest BCUT2D eigenvalue weighted by molar-refractivity contribution is 5.06. The third kappa shape index (κ3) is 2.02. The summed E-state index contributed by atoms with van der Waals surface area (Å²) in [6.45, 7) is 4.70. The lowest BCUT2D eigenvalue weighted by Gasteiger charge is -2.60. The van der Waals surface area contributed by atoms with Crippen molar-refractivity contribution in [2.75, 3.05) is 0 Å². The molecular weight excluding hydrogens is 220 g/mol. The number of hydrogen-bond acceptors (Lipinski definition) is 2. The molecule has 104 valence electrons. The van der Waals surface area contributed by atoms with E-state index in [0.29, 0.717) is 11.5 Å². The van der Waals surface area contributed by atoms with Crippen LogP contribution in [0.25, 0.3) is 0 Å². The van der Waals surface area contributed by atoms with Gasteiger partial charge in [0, 0.05) is 6.04 Å². The summed E-state index contributed by atoms with van der Waals surface area (Å²) in [6, 6.07) is 0.561. The van der Waals surface area contributed by atoms with Crippen LogP contribution in [0, 0.1) is 29.1 Å². The molecular formula is C16H30N2. The molecule has 0 aromatic heterocycles. The molecule has 0 spiro atoms. The third-order valence-electron chi connectivity index (χ3n) is 6.24. The molecule has 2 atom stereocenters. The molecule has 0 aliphatic heterocycles. The summed E-state index contributed by atoms with van der Waals surface area (Å²) in [5.41, 5.74) is 3.80. The number of nitrogens with one attached hydrogen (secondary N) is 1. The van der Waals surface area contributed by atoms with E-state index < -0.39 is 0 Å². The zero-order valence-corrected chi connectivity index (χ0v) is 12.1. The Morgan fingerprint density at radius 1 is 1.11 bits per heavy atom. The Kier molecular flexibility index (Phi) is 3.44. The van der Waals surface area contributed by atoms with Crippen molar-refractivity contribution < 1.29 is 0 Å². The smallest absolute Gasteiger partial charge is 0.0292 e. The Morgan fingerprint density at radius 2 is 1.61 bits per heavy atom. The number of rotatable bonds is 5. The van der Waals surface area contributed by atoms with Crippen LogP contribution >= 0.6 is 0 Å². The number of hydrogen-bond donors (Lipinski definition) is 2. The fraction of sp³-hybridized carbons (Fsp3) is 1.00. The predicted octanol–water partition coefficient (Wildman–Crippen LogP) is 3.47. The maximum atomic E-state index is 5.98. The van der Waals surface area contributed by atoms with E-state index in [1.165, 1.54) is 51.4 Å². The lowest BCUT2D eigenvalue weighted by atomic mass is 9.46. The van der Waals surface area contributed by atoms with Crippen LogP contribution < -0.4 is 11.3 Å². The van der Waals surface area contributed by atoms with Gasteiger partial charge in [-0.05, 0) is 74.0 Å². The molecule has 4 fully saturated rings. The summed E-state index contributed by atoms with van der Waals surface area (Å²) < 4.78 is 0. The van der Waals surface area contributed by atoms with Crippen LogP contribution in [0.4, 0.5) is 0 Å². The molecule has 4 aliphatic carbocycles. The largest absolute Gasteiger partial charge is 0.271 e. The second kappa shape index (κ2) is 4.79. The van der Waals surface area contributed by atoms with Gasteiger partial charge in [0.2, 0.25) is 0 Å². The Morgan fingerprint density at radius 3 is 2.00 bits per heavy atom. The molecule has 0 aromatic carbocycles. The normalized spacial score (nSPS) is 45.2. The van der Waals surface area contributed by atoms with Crippen LogP contribution in [-0.2, 0) is 0 Å². The van der Waals surface area contributed by atoms with Gasteiger partial charge >= 0.3 is 0 Å². The van der Waals surface area contributed by atoms with E-state index in [0.717, 1.165) is 23.7 Å². The molecule has 0 saturated heterocycles. The molecule has 0 radical (unpaired) electrons. The van der Waals surface area contributed by atoms with Gasteiger partial charge in [-0.1, -0.05) is 20.3 Å². The van der Waals surface area contributed by atoms with Crippen molar-refractivity contribution in [2.45, 2.75) is 71.3 Å². The van der Waals surface area contributed by atoms with Gasteiger partial charge < -0.3 is 0 Å². The monoisotopic (exact) mass is 250 g/mol. The molecule has 4 bridgehead atoms. The van der Waals surface area contributed by atoms with Gasteiger partial charge in [0.25, 0.3) is 0 Å². The average Bonchev–Trinajstić information content (AvgIpc) is 2.27. The first-order valence-electron chi connectivity index (χ1n) is 8.13. The molecule has 0 amide bonds. The fourth-order valence-electron chi connectivity index (χ4n) is 6.13. The summed E-state index contributed by atoms with van der Waals surface area (Å²) >= 11 is 0. The van der Waals surface area contributed by atoms with E-state index in [1.807, 2.05) is 0 Å². The highest BCUT2D eigenvalue weighted by Gasteiger charge is 2.54. The molecule has 0 aromatic rings. The molecule has 2 unspecified atom stereocenters. The minimum atomic E-state index is 0.554. The Bertz CT molecular complexity index is 264. The minimum Gasteiger partial charge on any atom is -0.271 e.